The van der Waals surface area contributed by atoms with Crippen LogP contribution in [0.5, 0.6) is 11.6 Å². The lowest BCUT2D eigenvalue weighted by atomic mass is 10.0. The van der Waals surface area contributed by atoms with Gasteiger partial charge in [0.15, 0.2) is 0 Å². The number of rotatable bonds is 6. The molecule has 1 N–H and O–H groups in total. The number of methoxy groups -OCH3 is 1. The van der Waals surface area contributed by atoms with Crippen molar-refractivity contribution in [1.82, 2.24) is 4.98 Å². The minimum Gasteiger partial charge on any atom is -0.496 e. The standard InChI is InChI=1S/C20H17NO4/c1-24-18-11-15(7-9-17(18)20(22)23)16-8-10-19(21-12-16)25-13-14-5-3-2-4-6-14/h2-12H,13H2,1H3,(H,22,23). The number of pyridine rings is 1. The molecule has 5 nitrogen and oxygen atoms in total. The number of aromatic carboxylic acids is 1. The second-order valence-electron chi connectivity index (χ2n) is 5.38. The number of aromatic nitrogens is 1. The van der Waals surface area contributed by atoms with Crippen molar-refractivity contribution in [3.8, 4) is 22.8 Å². The monoisotopic (exact) mass is 335 g/mol. The van der Waals surface area contributed by atoms with E-state index in [0.717, 1.165) is 16.7 Å². The van der Waals surface area contributed by atoms with Crippen LogP contribution >= 0.6 is 0 Å². The second-order valence-corrected chi connectivity index (χ2v) is 5.38. The van der Waals surface area contributed by atoms with Gasteiger partial charge in [0, 0.05) is 17.8 Å². The van der Waals surface area contributed by atoms with Crippen LogP contribution in [0.25, 0.3) is 11.1 Å². The van der Waals surface area contributed by atoms with E-state index in [1.807, 2.05) is 36.4 Å². The molecular formula is C20H17NO4. The third-order valence-electron chi connectivity index (χ3n) is 3.73. The zero-order valence-electron chi connectivity index (χ0n) is 13.7. The first-order valence-corrected chi connectivity index (χ1v) is 7.72. The molecule has 3 aromatic rings. The summed E-state index contributed by atoms with van der Waals surface area (Å²) in [5.74, 6) is -0.178. The van der Waals surface area contributed by atoms with Gasteiger partial charge in [-0.3, -0.25) is 0 Å². The Morgan fingerprint density at radius 3 is 2.44 bits per heavy atom. The lowest BCUT2D eigenvalue weighted by Crippen LogP contribution is -2.00. The fraction of sp³-hybridized carbons (Fsp3) is 0.100. The number of carboxylic acid groups (broad SMARTS) is 1. The number of hydrogen-bond acceptors (Lipinski definition) is 4. The van der Waals surface area contributed by atoms with Gasteiger partial charge in [0.1, 0.15) is 17.9 Å². The first-order valence-electron chi connectivity index (χ1n) is 7.72. The van der Waals surface area contributed by atoms with Crippen molar-refractivity contribution in [2.75, 3.05) is 7.11 Å². The number of hydrogen-bond donors (Lipinski definition) is 1. The maximum Gasteiger partial charge on any atom is 0.339 e. The molecule has 0 spiro atoms. The molecule has 1 aromatic heterocycles. The predicted octanol–water partition coefficient (Wildman–Crippen LogP) is 4.03. The van der Waals surface area contributed by atoms with Gasteiger partial charge in [-0.05, 0) is 29.3 Å². The molecule has 0 radical (unpaired) electrons. The lowest BCUT2D eigenvalue weighted by Gasteiger charge is -2.09. The molecule has 0 atom stereocenters. The summed E-state index contributed by atoms with van der Waals surface area (Å²) in [6.45, 7) is 0.453. The van der Waals surface area contributed by atoms with Crippen molar-refractivity contribution in [2.45, 2.75) is 6.61 Å². The van der Waals surface area contributed by atoms with Crippen LogP contribution in [-0.2, 0) is 6.61 Å². The average molecular weight is 335 g/mol. The highest BCUT2D eigenvalue weighted by Gasteiger charge is 2.12. The molecule has 0 fully saturated rings. The Balaban J connectivity index is 1.75. The van der Waals surface area contributed by atoms with E-state index in [1.165, 1.54) is 13.2 Å². The van der Waals surface area contributed by atoms with Crippen LogP contribution < -0.4 is 9.47 Å². The molecule has 2 aromatic carbocycles. The van der Waals surface area contributed by atoms with Gasteiger partial charge in [0.25, 0.3) is 0 Å². The number of nitrogens with zero attached hydrogens (tertiary/aromatic N) is 1. The van der Waals surface area contributed by atoms with E-state index in [-0.39, 0.29) is 5.56 Å². The first-order chi connectivity index (χ1) is 12.2. The van der Waals surface area contributed by atoms with Gasteiger partial charge in [-0.2, -0.15) is 0 Å². The van der Waals surface area contributed by atoms with Crippen molar-refractivity contribution in [1.29, 1.82) is 0 Å². The molecule has 126 valence electrons. The van der Waals surface area contributed by atoms with E-state index in [2.05, 4.69) is 4.98 Å². The molecule has 0 saturated heterocycles. The second kappa shape index (κ2) is 7.49. The van der Waals surface area contributed by atoms with Crippen LogP contribution in [-0.4, -0.2) is 23.2 Å². The molecule has 5 heteroatoms. The third-order valence-corrected chi connectivity index (χ3v) is 3.73. The smallest absolute Gasteiger partial charge is 0.339 e. The zero-order valence-corrected chi connectivity index (χ0v) is 13.7. The number of benzene rings is 2. The maximum atomic E-state index is 11.2. The molecule has 3 rings (SSSR count). The van der Waals surface area contributed by atoms with Gasteiger partial charge in [-0.25, -0.2) is 9.78 Å². The highest BCUT2D eigenvalue weighted by Crippen LogP contribution is 2.27. The molecular weight excluding hydrogens is 318 g/mol. The normalized spacial score (nSPS) is 10.3. The summed E-state index contributed by atoms with van der Waals surface area (Å²) >= 11 is 0. The van der Waals surface area contributed by atoms with Crippen molar-refractivity contribution in [3.63, 3.8) is 0 Å². The SMILES string of the molecule is COc1cc(-c2ccc(OCc3ccccc3)nc2)ccc1C(=O)O. The average Bonchev–Trinajstić information content (AvgIpc) is 2.67. The van der Waals surface area contributed by atoms with Crippen molar-refractivity contribution >= 4 is 5.97 Å². The summed E-state index contributed by atoms with van der Waals surface area (Å²) in [4.78, 5) is 15.5. The van der Waals surface area contributed by atoms with Gasteiger partial charge in [0.05, 0.1) is 7.11 Å². The molecule has 1 heterocycles. The highest BCUT2D eigenvalue weighted by atomic mass is 16.5. The van der Waals surface area contributed by atoms with Crippen LogP contribution in [0.4, 0.5) is 0 Å². The Morgan fingerprint density at radius 1 is 1.04 bits per heavy atom. The molecule has 25 heavy (non-hydrogen) atoms. The highest BCUT2D eigenvalue weighted by molar-refractivity contribution is 5.92. The van der Waals surface area contributed by atoms with E-state index >= 15 is 0 Å². The molecule has 0 amide bonds. The van der Waals surface area contributed by atoms with Crippen molar-refractivity contribution < 1.29 is 19.4 Å². The molecule has 0 aliphatic rings. The lowest BCUT2D eigenvalue weighted by molar-refractivity contribution is 0.0693. The number of carboxylic acids is 1. The first kappa shape index (κ1) is 16.5. The summed E-state index contributed by atoms with van der Waals surface area (Å²) in [6, 6.07) is 18.5. The Bertz CT molecular complexity index is 861. The predicted molar refractivity (Wildman–Crippen MR) is 94.0 cm³/mol. The van der Waals surface area contributed by atoms with Crippen molar-refractivity contribution in [3.05, 3.63) is 78.0 Å². The van der Waals surface area contributed by atoms with E-state index in [9.17, 15) is 4.79 Å². The fourth-order valence-electron chi connectivity index (χ4n) is 2.42. The van der Waals surface area contributed by atoms with Crippen LogP contribution in [0.15, 0.2) is 66.9 Å². The van der Waals surface area contributed by atoms with E-state index in [0.29, 0.717) is 18.2 Å². The Kier molecular flexibility index (Phi) is 4.95. The quantitative estimate of drug-likeness (QED) is 0.736. The maximum absolute atomic E-state index is 11.2. The topological polar surface area (TPSA) is 68.7 Å². The summed E-state index contributed by atoms with van der Waals surface area (Å²) in [5, 5.41) is 9.14. The van der Waals surface area contributed by atoms with E-state index < -0.39 is 5.97 Å². The van der Waals surface area contributed by atoms with Crippen LogP contribution in [0.2, 0.25) is 0 Å². The molecule has 0 bridgehead atoms. The van der Waals surface area contributed by atoms with Gasteiger partial charge in [-0.15, -0.1) is 0 Å². The molecule has 0 unspecified atom stereocenters. The third kappa shape index (κ3) is 3.95. The minimum atomic E-state index is -1.02. The summed E-state index contributed by atoms with van der Waals surface area (Å²) in [5.41, 5.74) is 2.87. The minimum absolute atomic E-state index is 0.127. The van der Waals surface area contributed by atoms with Crippen LogP contribution in [0.1, 0.15) is 15.9 Å². The molecule has 0 saturated carbocycles. The summed E-state index contributed by atoms with van der Waals surface area (Å²) in [6.07, 6.45) is 1.69. The largest absolute Gasteiger partial charge is 0.496 e. The molecule has 0 aliphatic heterocycles. The fourth-order valence-corrected chi connectivity index (χ4v) is 2.42. The number of carbonyl (C=O) groups is 1. The van der Waals surface area contributed by atoms with Crippen molar-refractivity contribution in [2.24, 2.45) is 0 Å². The Hall–Kier alpha value is -3.34. The Labute approximate surface area is 145 Å². The van der Waals surface area contributed by atoms with Gasteiger partial charge >= 0.3 is 5.97 Å². The van der Waals surface area contributed by atoms with E-state index in [1.54, 1.807) is 24.4 Å². The summed E-state index contributed by atoms with van der Waals surface area (Å²) in [7, 11) is 1.45. The van der Waals surface area contributed by atoms with Crippen LogP contribution in [0, 0.1) is 0 Å². The Morgan fingerprint density at radius 2 is 1.80 bits per heavy atom. The zero-order chi connectivity index (χ0) is 17.6. The van der Waals surface area contributed by atoms with Gasteiger partial charge in [0.2, 0.25) is 5.88 Å². The molecule has 0 aliphatic carbocycles. The summed E-state index contributed by atoms with van der Waals surface area (Å²) < 4.78 is 10.8. The van der Waals surface area contributed by atoms with E-state index in [4.69, 9.17) is 14.6 Å². The number of ether oxygens (including phenoxy) is 2. The van der Waals surface area contributed by atoms with Gasteiger partial charge in [-0.1, -0.05) is 36.4 Å². The van der Waals surface area contributed by atoms with Gasteiger partial charge < -0.3 is 14.6 Å². The van der Waals surface area contributed by atoms with Crippen LogP contribution in [0.3, 0.4) is 0 Å².